The molecule has 0 amide bonds. The molecule has 0 aromatic heterocycles. The van der Waals surface area contributed by atoms with Gasteiger partial charge in [-0.15, -0.1) is 0 Å². The van der Waals surface area contributed by atoms with Gasteiger partial charge >= 0.3 is 0 Å². The first-order valence-electron chi connectivity index (χ1n) is 5.98. The van der Waals surface area contributed by atoms with Crippen LogP contribution in [0, 0.1) is 6.92 Å². The highest BCUT2D eigenvalue weighted by molar-refractivity contribution is 9.10. The minimum Gasteiger partial charge on any atom is -0.388 e. The summed E-state index contributed by atoms with van der Waals surface area (Å²) in [5.41, 5.74) is 7.38. The zero-order valence-electron chi connectivity index (χ0n) is 10.1. The lowest BCUT2D eigenvalue weighted by Gasteiger charge is -2.39. The van der Waals surface area contributed by atoms with E-state index in [-0.39, 0.29) is 0 Å². The fourth-order valence-electron chi connectivity index (χ4n) is 2.24. The van der Waals surface area contributed by atoms with Crippen LogP contribution >= 0.6 is 15.9 Å². The summed E-state index contributed by atoms with van der Waals surface area (Å²) in [6.45, 7) is 4.15. The van der Waals surface area contributed by atoms with Crippen molar-refractivity contribution in [1.82, 2.24) is 0 Å². The molecule has 0 atom stereocenters. The molecule has 1 aromatic rings. The number of aliphatic hydroxyl groups is 1. The molecule has 1 aromatic carbocycles. The summed E-state index contributed by atoms with van der Waals surface area (Å²) in [5, 5.41) is 10.1. The third-order valence-corrected chi connectivity index (χ3v) is 4.15. The standard InChI is InChI=1S/C13H19BrN2O/c1-10-2-3-12(11(14)8-10)16-6-4-13(17,9-15)5-7-16/h2-3,8,17H,4-7,9,15H2,1H3. The molecule has 0 unspecified atom stereocenters. The van der Waals surface area contributed by atoms with Gasteiger partial charge in [0.15, 0.2) is 0 Å². The van der Waals surface area contributed by atoms with Crippen LogP contribution in [0.5, 0.6) is 0 Å². The van der Waals surface area contributed by atoms with Crippen LogP contribution < -0.4 is 10.6 Å². The Bertz CT molecular complexity index is 400. The van der Waals surface area contributed by atoms with Crippen LogP contribution in [0.25, 0.3) is 0 Å². The highest BCUT2D eigenvalue weighted by Gasteiger charge is 2.31. The van der Waals surface area contributed by atoms with Crippen molar-refractivity contribution in [1.29, 1.82) is 0 Å². The molecule has 0 radical (unpaired) electrons. The fourth-order valence-corrected chi connectivity index (χ4v) is 2.98. The van der Waals surface area contributed by atoms with Crippen molar-refractivity contribution in [2.24, 2.45) is 5.73 Å². The molecule has 0 spiro atoms. The van der Waals surface area contributed by atoms with Gasteiger partial charge in [-0.3, -0.25) is 0 Å². The largest absolute Gasteiger partial charge is 0.388 e. The number of anilines is 1. The zero-order chi connectivity index (χ0) is 12.5. The third kappa shape index (κ3) is 2.81. The van der Waals surface area contributed by atoms with Crippen molar-refractivity contribution in [2.45, 2.75) is 25.4 Å². The molecular weight excluding hydrogens is 280 g/mol. The van der Waals surface area contributed by atoms with Crippen LogP contribution in [-0.2, 0) is 0 Å². The van der Waals surface area contributed by atoms with Crippen molar-refractivity contribution < 1.29 is 5.11 Å². The van der Waals surface area contributed by atoms with Crippen molar-refractivity contribution in [3.05, 3.63) is 28.2 Å². The lowest BCUT2D eigenvalue weighted by atomic mass is 9.91. The average Bonchev–Trinajstić information content (AvgIpc) is 2.31. The lowest BCUT2D eigenvalue weighted by molar-refractivity contribution is 0.0250. The van der Waals surface area contributed by atoms with Crippen LogP contribution in [0.1, 0.15) is 18.4 Å². The second-order valence-corrected chi connectivity index (χ2v) is 5.72. The first-order chi connectivity index (χ1) is 8.04. The van der Waals surface area contributed by atoms with E-state index < -0.39 is 5.60 Å². The van der Waals surface area contributed by atoms with Gasteiger partial charge in [0.05, 0.1) is 11.3 Å². The van der Waals surface area contributed by atoms with E-state index in [4.69, 9.17) is 5.73 Å². The van der Waals surface area contributed by atoms with E-state index >= 15 is 0 Å². The second-order valence-electron chi connectivity index (χ2n) is 4.87. The van der Waals surface area contributed by atoms with Crippen LogP contribution in [0.2, 0.25) is 0 Å². The smallest absolute Gasteiger partial charge is 0.0803 e. The Morgan fingerprint density at radius 2 is 2.06 bits per heavy atom. The van der Waals surface area contributed by atoms with Crippen molar-refractivity contribution in [2.75, 3.05) is 24.5 Å². The summed E-state index contributed by atoms with van der Waals surface area (Å²) < 4.78 is 1.12. The van der Waals surface area contributed by atoms with Crippen LogP contribution in [0.15, 0.2) is 22.7 Å². The first kappa shape index (κ1) is 12.9. The molecule has 94 valence electrons. The molecule has 1 aliphatic rings. The van der Waals surface area contributed by atoms with Gasteiger partial charge in [-0.05, 0) is 53.4 Å². The van der Waals surface area contributed by atoms with Crippen LogP contribution in [0.3, 0.4) is 0 Å². The molecule has 0 aliphatic carbocycles. The van der Waals surface area contributed by atoms with E-state index in [1.807, 2.05) is 0 Å². The van der Waals surface area contributed by atoms with Crippen molar-refractivity contribution >= 4 is 21.6 Å². The number of rotatable bonds is 2. The predicted molar refractivity (Wildman–Crippen MR) is 74.3 cm³/mol. The Hall–Kier alpha value is -0.580. The van der Waals surface area contributed by atoms with Gasteiger partial charge in [0.2, 0.25) is 0 Å². The molecule has 4 heteroatoms. The van der Waals surface area contributed by atoms with Gasteiger partial charge in [0, 0.05) is 24.1 Å². The van der Waals surface area contributed by atoms with E-state index in [0.717, 1.165) is 30.4 Å². The molecule has 17 heavy (non-hydrogen) atoms. The molecule has 0 bridgehead atoms. The minimum atomic E-state index is -0.659. The molecule has 3 N–H and O–H groups in total. The summed E-state index contributed by atoms with van der Waals surface area (Å²) in [6, 6.07) is 6.37. The zero-order valence-corrected chi connectivity index (χ0v) is 11.7. The maximum absolute atomic E-state index is 10.1. The number of aryl methyl sites for hydroxylation is 1. The Morgan fingerprint density at radius 1 is 1.41 bits per heavy atom. The van der Waals surface area contributed by atoms with E-state index in [1.165, 1.54) is 11.3 Å². The van der Waals surface area contributed by atoms with E-state index in [2.05, 4.69) is 46.0 Å². The normalized spacial score (nSPS) is 19.4. The van der Waals surface area contributed by atoms with Crippen LogP contribution in [-0.4, -0.2) is 30.3 Å². The third-order valence-electron chi connectivity index (χ3n) is 3.52. The molecule has 0 saturated carbocycles. The summed E-state index contributed by atoms with van der Waals surface area (Å²) in [6.07, 6.45) is 1.48. The average molecular weight is 299 g/mol. The number of halogens is 1. The molecular formula is C13H19BrN2O. The van der Waals surface area contributed by atoms with Crippen LogP contribution in [0.4, 0.5) is 5.69 Å². The maximum atomic E-state index is 10.1. The maximum Gasteiger partial charge on any atom is 0.0803 e. The molecule has 2 rings (SSSR count). The van der Waals surface area contributed by atoms with E-state index in [9.17, 15) is 5.11 Å². The topological polar surface area (TPSA) is 49.5 Å². The van der Waals surface area contributed by atoms with Gasteiger partial charge in [-0.1, -0.05) is 6.07 Å². The first-order valence-corrected chi connectivity index (χ1v) is 6.77. The molecule has 1 saturated heterocycles. The Balaban J connectivity index is 2.10. The number of hydrogen-bond donors (Lipinski definition) is 2. The molecule has 1 heterocycles. The van der Waals surface area contributed by atoms with Gasteiger partial charge < -0.3 is 15.7 Å². The van der Waals surface area contributed by atoms with E-state index in [1.54, 1.807) is 0 Å². The monoisotopic (exact) mass is 298 g/mol. The van der Waals surface area contributed by atoms with Gasteiger partial charge in [0.25, 0.3) is 0 Å². The number of piperidine rings is 1. The summed E-state index contributed by atoms with van der Waals surface area (Å²) in [7, 11) is 0. The summed E-state index contributed by atoms with van der Waals surface area (Å²) >= 11 is 3.60. The highest BCUT2D eigenvalue weighted by atomic mass is 79.9. The number of nitrogens with zero attached hydrogens (tertiary/aromatic N) is 1. The summed E-state index contributed by atoms with van der Waals surface area (Å²) in [4.78, 5) is 2.30. The second kappa shape index (κ2) is 4.96. The molecule has 1 fully saturated rings. The minimum absolute atomic E-state index is 0.357. The van der Waals surface area contributed by atoms with Gasteiger partial charge in [-0.2, -0.15) is 0 Å². The van der Waals surface area contributed by atoms with Gasteiger partial charge in [0.1, 0.15) is 0 Å². The van der Waals surface area contributed by atoms with Gasteiger partial charge in [-0.25, -0.2) is 0 Å². The Morgan fingerprint density at radius 3 is 2.59 bits per heavy atom. The van der Waals surface area contributed by atoms with Crippen molar-refractivity contribution in [3.8, 4) is 0 Å². The Labute approximate surface area is 111 Å². The van der Waals surface area contributed by atoms with Crippen molar-refractivity contribution in [3.63, 3.8) is 0 Å². The fraction of sp³-hybridized carbons (Fsp3) is 0.538. The lowest BCUT2D eigenvalue weighted by Crippen LogP contribution is -2.48. The molecule has 3 nitrogen and oxygen atoms in total. The number of hydrogen-bond acceptors (Lipinski definition) is 3. The highest BCUT2D eigenvalue weighted by Crippen LogP contribution is 2.31. The Kier molecular flexibility index (Phi) is 3.76. The molecule has 1 aliphatic heterocycles. The SMILES string of the molecule is Cc1ccc(N2CCC(O)(CN)CC2)c(Br)c1. The quantitative estimate of drug-likeness (QED) is 0.878. The predicted octanol–water partition coefficient (Wildman–Crippen LogP) is 2.05. The van der Waals surface area contributed by atoms with E-state index in [0.29, 0.717) is 6.54 Å². The summed E-state index contributed by atoms with van der Waals surface area (Å²) in [5.74, 6) is 0. The number of nitrogens with two attached hydrogens (primary N) is 1. The number of benzene rings is 1.